The van der Waals surface area contributed by atoms with Crippen LogP contribution in [0.25, 0.3) is 0 Å². The van der Waals surface area contributed by atoms with E-state index in [9.17, 15) is 4.79 Å². The third-order valence-electron chi connectivity index (χ3n) is 3.26. The van der Waals surface area contributed by atoms with Crippen molar-refractivity contribution in [3.8, 4) is 0 Å². The monoisotopic (exact) mass is 255 g/mol. The van der Waals surface area contributed by atoms with Crippen molar-refractivity contribution < 1.29 is 4.79 Å². The van der Waals surface area contributed by atoms with Crippen LogP contribution in [0.4, 0.5) is 0 Å². The fourth-order valence-corrected chi connectivity index (χ4v) is 2.24. The van der Waals surface area contributed by atoms with E-state index >= 15 is 0 Å². The van der Waals surface area contributed by atoms with Crippen molar-refractivity contribution in [1.82, 2.24) is 15.1 Å². The smallest absolute Gasteiger partial charge is 0.223 e. The van der Waals surface area contributed by atoms with Crippen molar-refractivity contribution >= 4 is 5.91 Å². The highest BCUT2D eigenvalue weighted by molar-refractivity contribution is 5.76. The van der Waals surface area contributed by atoms with Crippen LogP contribution in [0.5, 0.6) is 0 Å². The molecule has 0 aromatic carbocycles. The second-order valence-electron chi connectivity index (χ2n) is 6.15. The molecule has 4 nitrogen and oxygen atoms in total. The largest absolute Gasteiger partial charge is 0.340 e. The van der Waals surface area contributed by atoms with Crippen LogP contribution in [0.2, 0.25) is 0 Å². The predicted octanol–water partition coefficient (Wildman–Crippen LogP) is 1.32. The molecule has 0 radical (unpaired) electrons. The molecule has 0 bridgehead atoms. The average Bonchev–Trinajstić information content (AvgIpc) is 2.28. The predicted molar refractivity (Wildman–Crippen MR) is 75.7 cm³/mol. The van der Waals surface area contributed by atoms with E-state index in [0.717, 1.165) is 39.3 Å². The molecular weight excluding hydrogens is 226 g/mol. The van der Waals surface area contributed by atoms with Gasteiger partial charge >= 0.3 is 0 Å². The molecule has 1 amide bonds. The number of carbonyl (C=O) groups excluding carboxylic acids is 1. The normalized spacial score (nSPS) is 18.1. The molecule has 0 atom stereocenters. The van der Waals surface area contributed by atoms with Crippen LogP contribution >= 0.6 is 0 Å². The molecule has 18 heavy (non-hydrogen) atoms. The van der Waals surface area contributed by atoms with Crippen molar-refractivity contribution in [2.24, 2.45) is 0 Å². The molecule has 0 aromatic rings. The molecule has 1 heterocycles. The third-order valence-corrected chi connectivity index (χ3v) is 3.26. The molecular formula is C14H29N3O. The van der Waals surface area contributed by atoms with E-state index in [4.69, 9.17) is 0 Å². The number of carbonyl (C=O) groups is 1. The Hall–Kier alpha value is -0.610. The quantitative estimate of drug-likeness (QED) is 0.805. The van der Waals surface area contributed by atoms with Crippen molar-refractivity contribution in [3.05, 3.63) is 0 Å². The summed E-state index contributed by atoms with van der Waals surface area (Å²) in [6.07, 6.45) is 1.81. The Kier molecular flexibility index (Phi) is 6.09. The van der Waals surface area contributed by atoms with E-state index in [1.54, 1.807) is 0 Å². The van der Waals surface area contributed by atoms with Crippen LogP contribution < -0.4 is 5.32 Å². The van der Waals surface area contributed by atoms with Gasteiger partial charge in [0, 0.05) is 44.7 Å². The topological polar surface area (TPSA) is 35.6 Å². The molecule has 1 N–H and O–H groups in total. The van der Waals surface area contributed by atoms with Gasteiger partial charge in [0.15, 0.2) is 0 Å². The van der Waals surface area contributed by atoms with Gasteiger partial charge in [-0.3, -0.25) is 9.69 Å². The second-order valence-corrected chi connectivity index (χ2v) is 6.15. The van der Waals surface area contributed by atoms with E-state index in [-0.39, 0.29) is 5.54 Å². The highest BCUT2D eigenvalue weighted by Gasteiger charge is 2.20. The van der Waals surface area contributed by atoms with Gasteiger partial charge in [0.2, 0.25) is 5.91 Å². The van der Waals surface area contributed by atoms with Crippen LogP contribution in [-0.2, 0) is 4.79 Å². The number of hydrogen-bond donors (Lipinski definition) is 1. The van der Waals surface area contributed by atoms with Gasteiger partial charge in [-0.05, 0) is 33.7 Å². The lowest BCUT2D eigenvalue weighted by Crippen LogP contribution is -2.49. The molecule has 106 valence electrons. The summed E-state index contributed by atoms with van der Waals surface area (Å²) in [5.41, 5.74) is 0.0973. The summed E-state index contributed by atoms with van der Waals surface area (Å²) in [4.78, 5) is 16.5. The third kappa shape index (κ3) is 5.83. The minimum absolute atomic E-state index is 0.0973. The Balaban J connectivity index is 2.20. The number of nitrogens with one attached hydrogen (secondary N) is 1. The summed E-state index contributed by atoms with van der Waals surface area (Å²) >= 11 is 0. The van der Waals surface area contributed by atoms with Gasteiger partial charge in [-0.25, -0.2) is 0 Å². The zero-order chi connectivity index (χ0) is 13.6. The summed E-state index contributed by atoms with van der Waals surface area (Å²) < 4.78 is 0. The van der Waals surface area contributed by atoms with Gasteiger partial charge in [0.1, 0.15) is 0 Å². The number of piperazine rings is 1. The first-order valence-corrected chi connectivity index (χ1v) is 7.17. The first-order chi connectivity index (χ1) is 8.42. The molecule has 0 saturated carbocycles. The van der Waals surface area contributed by atoms with Crippen molar-refractivity contribution in [1.29, 1.82) is 0 Å². The molecule has 1 saturated heterocycles. The summed E-state index contributed by atoms with van der Waals surface area (Å²) in [6.45, 7) is 14.4. The van der Waals surface area contributed by atoms with E-state index in [2.05, 4.69) is 37.9 Å². The number of amides is 1. The zero-order valence-corrected chi connectivity index (χ0v) is 12.5. The molecule has 4 heteroatoms. The standard InChI is InChI=1S/C14H29N3O/c1-5-8-16-9-11-17(12-10-16)13(18)6-7-15-14(2,3)4/h15H,5-12H2,1-4H3. The van der Waals surface area contributed by atoms with E-state index < -0.39 is 0 Å². The van der Waals surface area contributed by atoms with Gasteiger partial charge in [0.05, 0.1) is 0 Å². The molecule has 0 unspecified atom stereocenters. The van der Waals surface area contributed by atoms with E-state index in [0.29, 0.717) is 12.3 Å². The van der Waals surface area contributed by atoms with E-state index in [1.807, 2.05) is 4.90 Å². The summed E-state index contributed by atoms with van der Waals surface area (Å²) in [5, 5.41) is 3.36. The van der Waals surface area contributed by atoms with Crippen molar-refractivity contribution in [2.45, 2.75) is 46.1 Å². The van der Waals surface area contributed by atoms with Gasteiger partial charge < -0.3 is 10.2 Å². The fraction of sp³-hybridized carbons (Fsp3) is 0.929. The summed E-state index contributed by atoms with van der Waals surface area (Å²) in [6, 6.07) is 0. The van der Waals surface area contributed by atoms with Gasteiger partial charge in [-0.15, -0.1) is 0 Å². The van der Waals surface area contributed by atoms with Crippen molar-refractivity contribution in [2.75, 3.05) is 39.3 Å². The number of rotatable bonds is 5. The lowest BCUT2D eigenvalue weighted by Gasteiger charge is -2.34. The minimum Gasteiger partial charge on any atom is -0.340 e. The number of hydrogen-bond acceptors (Lipinski definition) is 3. The SMILES string of the molecule is CCCN1CCN(C(=O)CCNC(C)(C)C)CC1. The Morgan fingerprint density at radius 3 is 2.28 bits per heavy atom. The highest BCUT2D eigenvalue weighted by atomic mass is 16.2. The van der Waals surface area contributed by atoms with Gasteiger partial charge in [0.25, 0.3) is 0 Å². The number of nitrogens with zero attached hydrogens (tertiary/aromatic N) is 2. The second kappa shape index (κ2) is 7.10. The molecule has 0 spiro atoms. The maximum atomic E-state index is 12.0. The highest BCUT2D eigenvalue weighted by Crippen LogP contribution is 2.05. The first kappa shape index (κ1) is 15.4. The summed E-state index contributed by atoms with van der Waals surface area (Å²) in [7, 11) is 0. The van der Waals surface area contributed by atoms with Gasteiger partial charge in [-0.1, -0.05) is 6.92 Å². The average molecular weight is 255 g/mol. The van der Waals surface area contributed by atoms with Crippen LogP contribution in [0.1, 0.15) is 40.5 Å². The maximum absolute atomic E-state index is 12.0. The minimum atomic E-state index is 0.0973. The fourth-order valence-electron chi connectivity index (χ4n) is 2.24. The van der Waals surface area contributed by atoms with Crippen LogP contribution in [-0.4, -0.2) is 60.5 Å². The Morgan fingerprint density at radius 2 is 1.78 bits per heavy atom. The lowest BCUT2D eigenvalue weighted by atomic mass is 10.1. The first-order valence-electron chi connectivity index (χ1n) is 7.17. The molecule has 1 rings (SSSR count). The lowest BCUT2D eigenvalue weighted by molar-refractivity contribution is -0.132. The molecule has 1 aliphatic rings. The Bertz CT molecular complexity index is 252. The van der Waals surface area contributed by atoms with Gasteiger partial charge in [-0.2, -0.15) is 0 Å². The van der Waals surface area contributed by atoms with Crippen LogP contribution in [0.3, 0.4) is 0 Å². The molecule has 1 aliphatic heterocycles. The van der Waals surface area contributed by atoms with Crippen LogP contribution in [0, 0.1) is 0 Å². The van der Waals surface area contributed by atoms with E-state index in [1.165, 1.54) is 6.42 Å². The Labute approximate surface area is 112 Å². The maximum Gasteiger partial charge on any atom is 0.223 e. The molecule has 0 aromatic heterocycles. The molecule has 0 aliphatic carbocycles. The van der Waals surface area contributed by atoms with Crippen molar-refractivity contribution in [3.63, 3.8) is 0 Å². The summed E-state index contributed by atoms with van der Waals surface area (Å²) in [5.74, 6) is 0.294. The van der Waals surface area contributed by atoms with Crippen LogP contribution in [0.15, 0.2) is 0 Å². The Morgan fingerprint density at radius 1 is 1.17 bits per heavy atom. The zero-order valence-electron chi connectivity index (χ0n) is 12.5. The molecule has 1 fully saturated rings.